The van der Waals surface area contributed by atoms with Crippen LogP contribution in [0.15, 0.2) is 42.5 Å². The third-order valence-corrected chi connectivity index (χ3v) is 3.21. The lowest BCUT2D eigenvalue weighted by atomic mass is 10.1. The number of carboxylic acid groups (broad SMARTS) is 1. The van der Waals surface area contributed by atoms with Crippen LogP contribution in [0.25, 0.3) is 0 Å². The number of methoxy groups -OCH3 is 1. The standard InChI is InChI=1S/C16H16FNO3/c1-18(14-5-3-4-6-15(14)21-2)10-11-7-8-12(17)9-13(11)16(19)20/h3-9H,10H2,1-2H3,(H,19,20). The number of ether oxygens (including phenoxy) is 1. The molecule has 0 spiro atoms. The Hall–Kier alpha value is -2.56. The average molecular weight is 289 g/mol. The largest absolute Gasteiger partial charge is 0.495 e. The minimum Gasteiger partial charge on any atom is -0.495 e. The number of carboxylic acids is 1. The fourth-order valence-corrected chi connectivity index (χ4v) is 2.17. The van der Waals surface area contributed by atoms with Gasteiger partial charge in [0.25, 0.3) is 0 Å². The zero-order valence-electron chi connectivity index (χ0n) is 11.8. The number of hydrogen-bond acceptors (Lipinski definition) is 3. The number of para-hydroxylation sites is 2. The van der Waals surface area contributed by atoms with Crippen molar-refractivity contribution in [3.8, 4) is 5.75 Å². The maximum atomic E-state index is 13.2. The quantitative estimate of drug-likeness (QED) is 0.918. The predicted octanol–water partition coefficient (Wildman–Crippen LogP) is 3.17. The molecule has 0 aromatic heterocycles. The summed E-state index contributed by atoms with van der Waals surface area (Å²) < 4.78 is 18.5. The lowest BCUT2D eigenvalue weighted by molar-refractivity contribution is 0.0695. The van der Waals surface area contributed by atoms with E-state index >= 15 is 0 Å². The van der Waals surface area contributed by atoms with Crippen LogP contribution in [0.5, 0.6) is 5.75 Å². The first-order valence-corrected chi connectivity index (χ1v) is 6.39. The van der Waals surface area contributed by atoms with E-state index in [1.807, 2.05) is 36.2 Å². The van der Waals surface area contributed by atoms with Gasteiger partial charge in [0.15, 0.2) is 0 Å². The number of benzene rings is 2. The van der Waals surface area contributed by atoms with E-state index < -0.39 is 11.8 Å². The van der Waals surface area contributed by atoms with Crippen LogP contribution in [0, 0.1) is 5.82 Å². The van der Waals surface area contributed by atoms with Crippen LogP contribution in [0.1, 0.15) is 15.9 Å². The van der Waals surface area contributed by atoms with Gasteiger partial charge in [0.05, 0.1) is 18.4 Å². The van der Waals surface area contributed by atoms with Crippen molar-refractivity contribution < 1.29 is 19.0 Å². The van der Waals surface area contributed by atoms with Gasteiger partial charge in [0.1, 0.15) is 11.6 Å². The second-order valence-corrected chi connectivity index (χ2v) is 4.63. The van der Waals surface area contributed by atoms with Crippen molar-refractivity contribution in [2.75, 3.05) is 19.1 Å². The van der Waals surface area contributed by atoms with Crippen molar-refractivity contribution in [2.45, 2.75) is 6.54 Å². The summed E-state index contributed by atoms with van der Waals surface area (Å²) in [5.41, 5.74) is 1.34. The Balaban J connectivity index is 2.31. The first-order chi connectivity index (χ1) is 10.0. The van der Waals surface area contributed by atoms with E-state index in [2.05, 4.69) is 0 Å². The first-order valence-electron chi connectivity index (χ1n) is 6.39. The van der Waals surface area contributed by atoms with Crippen LogP contribution in [0.2, 0.25) is 0 Å². The minimum atomic E-state index is -1.14. The molecule has 0 bridgehead atoms. The summed E-state index contributed by atoms with van der Waals surface area (Å²) in [4.78, 5) is 13.1. The van der Waals surface area contributed by atoms with Crippen molar-refractivity contribution in [2.24, 2.45) is 0 Å². The molecular weight excluding hydrogens is 273 g/mol. The van der Waals surface area contributed by atoms with Gasteiger partial charge in [0, 0.05) is 13.6 Å². The molecular formula is C16H16FNO3. The van der Waals surface area contributed by atoms with Crippen LogP contribution < -0.4 is 9.64 Å². The average Bonchev–Trinajstić information content (AvgIpc) is 2.48. The van der Waals surface area contributed by atoms with Gasteiger partial charge in [-0.25, -0.2) is 9.18 Å². The molecule has 0 aliphatic rings. The van der Waals surface area contributed by atoms with E-state index in [1.165, 1.54) is 12.1 Å². The number of nitrogens with zero attached hydrogens (tertiary/aromatic N) is 1. The summed E-state index contributed by atoms with van der Waals surface area (Å²) in [6.07, 6.45) is 0. The maximum absolute atomic E-state index is 13.2. The second kappa shape index (κ2) is 6.26. The number of aromatic carboxylic acids is 1. The number of hydrogen-bond donors (Lipinski definition) is 1. The fourth-order valence-electron chi connectivity index (χ4n) is 2.17. The van der Waals surface area contributed by atoms with Crippen molar-refractivity contribution >= 4 is 11.7 Å². The van der Waals surface area contributed by atoms with Gasteiger partial charge in [-0.05, 0) is 29.8 Å². The summed E-state index contributed by atoms with van der Waals surface area (Å²) in [5.74, 6) is -1.01. The summed E-state index contributed by atoms with van der Waals surface area (Å²) in [6.45, 7) is 0.336. The Morgan fingerprint density at radius 1 is 1.29 bits per heavy atom. The van der Waals surface area contributed by atoms with Crippen LogP contribution >= 0.6 is 0 Å². The maximum Gasteiger partial charge on any atom is 0.336 e. The lowest BCUT2D eigenvalue weighted by Crippen LogP contribution is -2.19. The van der Waals surface area contributed by atoms with Gasteiger partial charge >= 0.3 is 5.97 Å². The molecule has 0 fully saturated rings. The number of halogens is 1. The molecule has 110 valence electrons. The van der Waals surface area contributed by atoms with Crippen molar-refractivity contribution in [3.63, 3.8) is 0 Å². The van der Waals surface area contributed by atoms with Crippen molar-refractivity contribution in [1.29, 1.82) is 0 Å². The molecule has 0 amide bonds. The zero-order valence-corrected chi connectivity index (χ0v) is 11.8. The Labute approximate surface area is 122 Å². The molecule has 0 atom stereocenters. The molecule has 0 aliphatic heterocycles. The second-order valence-electron chi connectivity index (χ2n) is 4.63. The molecule has 1 N–H and O–H groups in total. The number of carbonyl (C=O) groups is 1. The smallest absolute Gasteiger partial charge is 0.336 e. The van der Waals surface area contributed by atoms with Gasteiger partial charge in [-0.15, -0.1) is 0 Å². The minimum absolute atomic E-state index is 0.0308. The molecule has 2 rings (SSSR count). The van der Waals surface area contributed by atoms with Crippen LogP contribution in [-0.2, 0) is 6.54 Å². The molecule has 0 aliphatic carbocycles. The third kappa shape index (κ3) is 3.31. The molecule has 21 heavy (non-hydrogen) atoms. The third-order valence-electron chi connectivity index (χ3n) is 3.21. The summed E-state index contributed by atoms with van der Waals surface area (Å²) in [5, 5.41) is 9.16. The summed E-state index contributed by atoms with van der Waals surface area (Å²) in [7, 11) is 3.40. The van der Waals surface area contributed by atoms with Crippen LogP contribution in [-0.4, -0.2) is 25.2 Å². The van der Waals surface area contributed by atoms with E-state index in [4.69, 9.17) is 9.84 Å². The fraction of sp³-hybridized carbons (Fsp3) is 0.188. The van der Waals surface area contributed by atoms with Crippen molar-refractivity contribution in [3.05, 3.63) is 59.4 Å². The van der Waals surface area contributed by atoms with Crippen LogP contribution in [0.3, 0.4) is 0 Å². The molecule has 0 unspecified atom stereocenters. The molecule has 0 saturated carbocycles. The van der Waals surface area contributed by atoms with Gasteiger partial charge in [-0.2, -0.15) is 0 Å². The summed E-state index contributed by atoms with van der Waals surface area (Å²) in [6, 6.07) is 11.2. The Morgan fingerprint density at radius 3 is 2.67 bits per heavy atom. The molecule has 0 radical (unpaired) electrons. The van der Waals surface area contributed by atoms with Crippen molar-refractivity contribution in [1.82, 2.24) is 0 Å². The van der Waals surface area contributed by atoms with E-state index in [0.717, 1.165) is 11.8 Å². The molecule has 4 nitrogen and oxygen atoms in total. The van der Waals surface area contributed by atoms with E-state index in [0.29, 0.717) is 17.9 Å². The molecule has 0 heterocycles. The normalized spacial score (nSPS) is 10.2. The SMILES string of the molecule is COc1ccccc1N(C)Cc1ccc(F)cc1C(=O)O. The monoisotopic (exact) mass is 289 g/mol. The first kappa shape index (κ1) is 14.8. The van der Waals surface area contributed by atoms with E-state index in [-0.39, 0.29) is 5.56 Å². The van der Waals surface area contributed by atoms with Gasteiger partial charge in [-0.3, -0.25) is 0 Å². The highest BCUT2D eigenvalue weighted by atomic mass is 19.1. The Bertz CT molecular complexity index is 658. The number of rotatable bonds is 5. The van der Waals surface area contributed by atoms with E-state index in [9.17, 15) is 9.18 Å². The highest BCUT2D eigenvalue weighted by molar-refractivity contribution is 5.89. The molecule has 2 aromatic carbocycles. The van der Waals surface area contributed by atoms with E-state index in [1.54, 1.807) is 7.11 Å². The topological polar surface area (TPSA) is 49.8 Å². The summed E-state index contributed by atoms with van der Waals surface area (Å²) >= 11 is 0. The highest BCUT2D eigenvalue weighted by Gasteiger charge is 2.14. The zero-order chi connectivity index (χ0) is 15.4. The molecule has 5 heteroatoms. The Kier molecular flexibility index (Phi) is 4.42. The van der Waals surface area contributed by atoms with Crippen LogP contribution in [0.4, 0.5) is 10.1 Å². The van der Waals surface area contributed by atoms with Gasteiger partial charge in [0.2, 0.25) is 0 Å². The number of anilines is 1. The highest BCUT2D eigenvalue weighted by Crippen LogP contribution is 2.28. The molecule has 0 saturated heterocycles. The van der Waals surface area contributed by atoms with Gasteiger partial charge < -0.3 is 14.7 Å². The van der Waals surface area contributed by atoms with Gasteiger partial charge in [-0.1, -0.05) is 18.2 Å². The predicted molar refractivity (Wildman–Crippen MR) is 78.5 cm³/mol. The molecule has 2 aromatic rings. The lowest BCUT2D eigenvalue weighted by Gasteiger charge is -2.22. The Morgan fingerprint density at radius 2 is 2.00 bits per heavy atom.